The normalized spacial score (nSPS) is 24.8. The zero-order chi connectivity index (χ0) is 25.4. The fraction of sp³-hybridized carbons (Fsp3) is 0.429. The van der Waals surface area contributed by atoms with Gasteiger partial charge in [0.2, 0.25) is 5.88 Å². The van der Waals surface area contributed by atoms with Gasteiger partial charge in [-0.25, -0.2) is 18.7 Å². The topological polar surface area (TPSA) is 116 Å². The third-order valence-electron chi connectivity index (χ3n) is 5.91. The lowest BCUT2D eigenvalue weighted by molar-refractivity contribution is -0.272. The SMILES string of the molecule is COc1nc(C(F)F)ccc1[C@H]1[C@H](C(=O)Nc2cccnc2C(N)=O)O[C@@](C)(C(F)(F)F)[C@H]1C. The number of alkyl halides is 5. The van der Waals surface area contributed by atoms with Crippen molar-refractivity contribution in [3.8, 4) is 5.88 Å². The van der Waals surface area contributed by atoms with Crippen LogP contribution in [0, 0.1) is 5.92 Å². The number of hydrogen-bond acceptors (Lipinski definition) is 6. The lowest BCUT2D eigenvalue weighted by atomic mass is 9.77. The third kappa shape index (κ3) is 4.39. The Morgan fingerprint density at radius 2 is 1.94 bits per heavy atom. The van der Waals surface area contributed by atoms with E-state index >= 15 is 0 Å². The van der Waals surface area contributed by atoms with Crippen LogP contribution in [-0.2, 0) is 9.53 Å². The molecule has 3 N–H and O–H groups in total. The summed E-state index contributed by atoms with van der Waals surface area (Å²) in [6.07, 6.45) is -8.34. The Bertz CT molecular complexity index is 1100. The number of amides is 2. The van der Waals surface area contributed by atoms with E-state index in [9.17, 15) is 31.5 Å². The first kappa shape index (κ1) is 25.3. The molecule has 2 aromatic heterocycles. The summed E-state index contributed by atoms with van der Waals surface area (Å²) in [5.74, 6) is -5.01. The number of halogens is 5. The predicted octanol–water partition coefficient (Wildman–Crippen LogP) is 3.60. The van der Waals surface area contributed by atoms with Gasteiger partial charge in [0.15, 0.2) is 11.3 Å². The Kier molecular flexibility index (Phi) is 6.78. The van der Waals surface area contributed by atoms with Crippen LogP contribution in [0.15, 0.2) is 30.5 Å². The van der Waals surface area contributed by atoms with E-state index in [0.717, 1.165) is 26.2 Å². The largest absolute Gasteiger partial charge is 0.481 e. The third-order valence-corrected chi connectivity index (χ3v) is 5.91. The lowest BCUT2D eigenvalue weighted by Crippen LogP contribution is -2.47. The molecule has 0 unspecified atom stereocenters. The average Bonchev–Trinajstić information content (AvgIpc) is 3.05. The number of ether oxygens (including phenoxy) is 2. The van der Waals surface area contributed by atoms with Gasteiger partial charge in [0.05, 0.1) is 12.8 Å². The Labute approximate surface area is 190 Å². The molecule has 1 aliphatic rings. The first-order chi connectivity index (χ1) is 15.8. The summed E-state index contributed by atoms with van der Waals surface area (Å²) < 4.78 is 78.6. The minimum absolute atomic E-state index is 0.0196. The average molecular weight is 488 g/mol. The molecule has 8 nitrogen and oxygen atoms in total. The Balaban J connectivity index is 2.09. The van der Waals surface area contributed by atoms with E-state index in [0.29, 0.717) is 0 Å². The lowest BCUT2D eigenvalue weighted by Gasteiger charge is -2.31. The molecule has 0 saturated carbocycles. The molecular weight excluding hydrogens is 467 g/mol. The molecule has 13 heteroatoms. The number of nitrogens with zero attached hydrogens (tertiary/aromatic N) is 2. The highest BCUT2D eigenvalue weighted by atomic mass is 19.4. The van der Waals surface area contributed by atoms with Crippen molar-refractivity contribution in [3.05, 3.63) is 47.4 Å². The van der Waals surface area contributed by atoms with Crippen LogP contribution in [0.25, 0.3) is 0 Å². The predicted molar refractivity (Wildman–Crippen MR) is 108 cm³/mol. The van der Waals surface area contributed by atoms with Crippen molar-refractivity contribution in [3.63, 3.8) is 0 Å². The highest BCUT2D eigenvalue weighted by molar-refractivity contribution is 6.03. The van der Waals surface area contributed by atoms with E-state index < -0.39 is 53.7 Å². The fourth-order valence-electron chi connectivity index (χ4n) is 3.93. The van der Waals surface area contributed by atoms with Crippen LogP contribution in [0.4, 0.5) is 27.6 Å². The molecule has 0 bridgehead atoms. The van der Waals surface area contributed by atoms with Crippen molar-refractivity contribution in [1.29, 1.82) is 0 Å². The number of carbonyl (C=O) groups is 2. The van der Waals surface area contributed by atoms with Crippen molar-refractivity contribution < 1.29 is 41.0 Å². The molecule has 2 aromatic rings. The summed E-state index contributed by atoms with van der Waals surface area (Å²) in [4.78, 5) is 32.2. The van der Waals surface area contributed by atoms with Gasteiger partial charge in [-0.15, -0.1) is 0 Å². The second-order valence-electron chi connectivity index (χ2n) is 7.85. The minimum Gasteiger partial charge on any atom is -0.481 e. The number of rotatable bonds is 6. The van der Waals surface area contributed by atoms with E-state index in [1.165, 1.54) is 25.3 Å². The van der Waals surface area contributed by atoms with Crippen molar-refractivity contribution in [2.45, 2.75) is 44.1 Å². The van der Waals surface area contributed by atoms with Gasteiger partial charge in [0.25, 0.3) is 18.2 Å². The molecule has 0 radical (unpaired) electrons. The Morgan fingerprint density at radius 3 is 2.50 bits per heavy atom. The van der Waals surface area contributed by atoms with Crippen LogP contribution < -0.4 is 15.8 Å². The van der Waals surface area contributed by atoms with Gasteiger partial charge in [-0.3, -0.25) is 9.59 Å². The van der Waals surface area contributed by atoms with Gasteiger partial charge in [-0.05, 0) is 25.1 Å². The highest BCUT2D eigenvalue weighted by Gasteiger charge is 2.66. The monoisotopic (exact) mass is 488 g/mol. The van der Waals surface area contributed by atoms with Crippen molar-refractivity contribution in [1.82, 2.24) is 9.97 Å². The van der Waals surface area contributed by atoms with Crippen molar-refractivity contribution in [2.24, 2.45) is 11.7 Å². The van der Waals surface area contributed by atoms with E-state index in [2.05, 4.69) is 15.3 Å². The van der Waals surface area contributed by atoms with E-state index in [1.54, 1.807) is 0 Å². The van der Waals surface area contributed by atoms with E-state index in [4.69, 9.17) is 15.2 Å². The number of pyridine rings is 2. The number of nitrogens with two attached hydrogens (primary N) is 1. The molecule has 0 spiro atoms. The molecule has 2 amide bonds. The van der Waals surface area contributed by atoms with Crippen LogP contribution in [0.3, 0.4) is 0 Å². The molecule has 0 aliphatic carbocycles. The Hall–Kier alpha value is -3.35. The van der Waals surface area contributed by atoms with Crippen LogP contribution in [0.1, 0.15) is 47.9 Å². The van der Waals surface area contributed by atoms with Crippen LogP contribution >= 0.6 is 0 Å². The maximum Gasteiger partial charge on any atom is 0.417 e. The fourth-order valence-corrected chi connectivity index (χ4v) is 3.93. The molecule has 1 fully saturated rings. The molecular formula is C21H21F5N4O4. The summed E-state index contributed by atoms with van der Waals surface area (Å²) in [6, 6.07) is 4.76. The van der Waals surface area contributed by atoms with Gasteiger partial charge < -0.3 is 20.5 Å². The zero-order valence-electron chi connectivity index (χ0n) is 18.2. The summed E-state index contributed by atoms with van der Waals surface area (Å²) in [6.45, 7) is 2.02. The van der Waals surface area contributed by atoms with Crippen LogP contribution in [-0.4, -0.2) is 46.8 Å². The number of aromatic nitrogens is 2. The number of methoxy groups -OCH3 is 1. The van der Waals surface area contributed by atoms with E-state index in [-0.39, 0.29) is 22.8 Å². The number of hydrogen-bond donors (Lipinski definition) is 2. The van der Waals surface area contributed by atoms with Gasteiger partial charge in [0, 0.05) is 23.6 Å². The molecule has 3 heterocycles. The standard InChI is InChI=1S/C21H21F5N4O4/c1-9-13(10-6-7-12(16(22)23)30-19(10)33-3)15(34-20(9,2)21(24,25)26)18(32)29-11-5-4-8-28-14(11)17(27)31/h4-9,13,15-16H,1-3H3,(H2,27,31)(H,29,32)/t9-,13-,15+,20+/m0/s1. The first-order valence-corrected chi connectivity index (χ1v) is 9.95. The molecule has 0 aromatic carbocycles. The second-order valence-corrected chi connectivity index (χ2v) is 7.85. The number of primary amides is 1. The van der Waals surface area contributed by atoms with Crippen molar-refractivity contribution in [2.75, 3.05) is 12.4 Å². The Morgan fingerprint density at radius 1 is 1.26 bits per heavy atom. The van der Waals surface area contributed by atoms with Gasteiger partial charge in [0.1, 0.15) is 11.8 Å². The molecule has 1 aliphatic heterocycles. The zero-order valence-corrected chi connectivity index (χ0v) is 18.2. The maximum atomic E-state index is 14.0. The molecule has 4 atom stereocenters. The quantitative estimate of drug-likeness (QED) is 0.601. The summed E-state index contributed by atoms with van der Waals surface area (Å²) in [5, 5.41) is 2.33. The van der Waals surface area contributed by atoms with Gasteiger partial charge in [-0.2, -0.15) is 13.2 Å². The maximum absolute atomic E-state index is 14.0. The smallest absolute Gasteiger partial charge is 0.417 e. The van der Waals surface area contributed by atoms with Crippen LogP contribution in [0.5, 0.6) is 5.88 Å². The van der Waals surface area contributed by atoms with E-state index in [1.807, 2.05) is 0 Å². The molecule has 34 heavy (non-hydrogen) atoms. The van der Waals surface area contributed by atoms with Crippen molar-refractivity contribution >= 4 is 17.5 Å². The molecule has 3 rings (SSSR count). The highest BCUT2D eigenvalue weighted by Crippen LogP contribution is 2.54. The second kappa shape index (κ2) is 9.12. The first-order valence-electron chi connectivity index (χ1n) is 9.95. The summed E-state index contributed by atoms with van der Waals surface area (Å²) in [5.41, 5.74) is 1.37. The van der Waals surface area contributed by atoms with Crippen LogP contribution in [0.2, 0.25) is 0 Å². The number of nitrogens with one attached hydrogen (secondary N) is 1. The van der Waals surface area contributed by atoms with Gasteiger partial charge in [-0.1, -0.05) is 13.0 Å². The molecule has 1 saturated heterocycles. The summed E-state index contributed by atoms with van der Waals surface area (Å²) >= 11 is 0. The summed E-state index contributed by atoms with van der Waals surface area (Å²) in [7, 11) is 1.12. The molecule has 184 valence electrons. The number of carbonyl (C=O) groups excluding carboxylic acids is 2. The number of anilines is 1. The van der Waals surface area contributed by atoms with Gasteiger partial charge >= 0.3 is 6.18 Å². The minimum atomic E-state index is -4.88.